The molecule has 0 spiro atoms. The summed E-state index contributed by atoms with van der Waals surface area (Å²) in [4.78, 5) is 0. The minimum Gasteiger partial charge on any atom is -1.00 e. The predicted octanol–water partition coefficient (Wildman–Crippen LogP) is -0.381. The van der Waals surface area contributed by atoms with Gasteiger partial charge in [0.05, 0.1) is 0 Å². The van der Waals surface area contributed by atoms with Crippen LogP contribution in [0.2, 0.25) is 0 Å². The summed E-state index contributed by atoms with van der Waals surface area (Å²) in [6, 6.07) is 4.31. The summed E-state index contributed by atoms with van der Waals surface area (Å²) in [7, 11) is 0. The van der Waals surface area contributed by atoms with Crippen LogP contribution in [0.4, 0.5) is 0 Å². The highest BCUT2D eigenvalue weighted by molar-refractivity contribution is 5.03. The standard InChI is InChI=1S/C14H24NO.ClH/c1-14-8-11-15(12-9-14)10-6-4-2-3-5-7-13-16;/h8-9,11-12,16H,2-7,10,13H2,1H3;1H/q+1;/p-1. The average molecular weight is 258 g/mol. The molecule has 0 fully saturated rings. The maximum atomic E-state index is 8.64. The van der Waals surface area contributed by atoms with Crippen molar-refractivity contribution in [3.63, 3.8) is 0 Å². The average Bonchev–Trinajstić information content (AvgIpc) is 2.30. The van der Waals surface area contributed by atoms with Gasteiger partial charge in [0, 0.05) is 25.2 Å². The maximum absolute atomic E-state index is 8.64. The van der Waals surface area contributed by atoms with Crippen molar-refractivity contribution in [2.24, 2.45) is 0 Å². The molecule has 0 amide bonds. The van der Waals surface area contributed by atoms with E-state index in [2.05, 4.69) is 36.0 Å². The zero-order valence-electron chi connectivity index (χ0n) is 10.7. The summed E-state index contributed by atoms with van der Waals surface area (Å²) in [5.41, 5.74) is 1.32. The smallest absolute Gasteiger partial charge is 0.169 e. The number of unbranched alkanes of at least 4 members (excludes halogenated alkanes) is 5. The molecular formula is C14H24ClNO. The summed E-state index contributed by atoms with van der Waals surface area (Å²) in [5.74, 6) is 0. The van der Waals surface area contributed by atoms with Gasteiger partial charge in [0.25, 0.3) is 0 Å². The van der Waals surface area contributed by atoms with Gasteiger partial charge >= 0.3 is 0 Å². The quantitative estimate of drug-likeness (QED) is 0.498. The summed E-state index contributed by atoms with van der Waals surface area (Å²) in [6.07, 6.45) is 11.6. The van der Waals surface area contributed by atoms with Crippen LogP contribution in [0.3, 0.4) is 0 Å². The van der Waals surface area contributed by atoms with Crippen LogP contribution in [0, 0.1) is 6.92 Å². The SMILES string of the molecule is Cc1cc[n+](CCCCCCCCO)cc1.[Cl-]. The van der Waals surface area contributed by atoms with Gasteiger partial charge in [-0.05, 0) is 25.3 Å². The van der Waals surface area contributed by atoms with Gasteiger partial charge in [-0.15, -0.1) is 0 Å². The van der Waals surface area contributed by atoms with Crippen molar-refractivity contribution in [1.82, 2.24) is 0 Å². The van der Waals surface area contributed by atoms with Crippen molar-refractivity contribution in [3.05, 3.63) is 30.1 Å². The lowest BCUT2D eigenvalue weighted by Crippen LogP contribution is -3.00. The molecule has 0 atom stereocenters. The van der Waals surface area contributed by atoms with Crippen LogP contribution in [-0.4, -0.2) is 11.7 Å². The van der Waals surface area contributed by atoms with E-state index in [-0.39, 0.29) is 12.4 Å². The van der Waals surface area contributed by atoms with Crippen LogP contribution in [0.1, 0.15) is 44.1 Å². The fourth-order valence-electron chi connectivity index (χ4n) is 1.79. The van der Waals surface area contributed by atoms with E-state index < -0.39 is 0 Å². The van der Waals surface area contributed by atoms with Gasteiger partial charge in [0.15, 0.2) is 12.4 Å². The zero-order chi connectivity index (χ0) is 11.6. The first-order chi connectivity index (χ1) is 7.83. The fraction of sp³-hybridized carbons (Fsp3) is 0.643. The highest BCUT2D eigenvalue weighted by Gasteiger charge is 1.98. The number of halogens is 1. The summed E-state index contributed by atoms with van der Waals surface area (Å²) in [6.45, 7) is 3.59. The van der Waals surface area contributed by atoms with Gasteiger partial charge in [-0.25, -0.2) is 4.57 Å². The lowest BCUT2D eigenvalue weighted by Gasteiger charge is -1.99. The number of aromatic nitrogens is 1. The molecule has 1 aromatic heterocycles. The lowest BCUT2D eigenvalue weighted by molar-refractivity contribution is -0.697. The first kappa shape index (κ1) is 16.4. The second-order valence-electron chi connectivity index (χ2n) is 4.46. The lowest BCUT2D eigenvalue weighted by atomic mass is 10.1. The fourth-order valence-corrected chi connectivity index (χ4v) is 1.79. The molecule has 0 aromatic carbocycles. The van der Waals surface area contributed by atoms with Crippen molar-refractivity contribution in [3.8, 4) is 0 Å². The Labute approximate surface area is 111 Å². The van der Waals surface area contributed by atoms with Crippen LogP contribution in [0.15, 0.2) is 24.5 Å². The highest BCUT2D eigenvalue weighted by atomic mass is 35.5. The molecule has 2 nitrogen and oxygen atoms in total. The molecule has 0 radical (unpaired) electrons. The Kier molecular flexibility index (Phi) is 10.2. The maximum Gasteiger partial charge on any atom is 0.169 e. The number of aliphatic hydroxyl groups is 1. The minimum atomic E-state index is 0. The molecular weight excluding hydrogens is 234 g/mol. The Balaban J connectivity index is 0.00000256. The van der Waals surface area contributed by atoms with Gasteiger partial charge in [-0.3, -0.25) is 0 Å². The van der Waals surface area contributed by atoms with Gasteiger partial charge in [-0.1, -0.05) is 19.3 Å². The number of hydrogen-bond donors (Lipinski definition) is 1. The molecule has 3 heteroatoms. The highest BCUT2D eigenvalue weighted by Crippen LogP contribution is 2.04. The number of rotatable bonds is 8. The minimum absolute atomic E-state index is 0. The number of aryl methyl sites for hydroxylation is 2. The topological polar surface area (TPSA) is 24.1 Å². The molecule has 98 valence electrons. The van der Waals surface area contributed by atoms with E-state index in [4.69, 9.17) is 5.11 Å². The molecule has 0 bridgehead atoms. The van der Waals surface area contributed by atoms with E-state index in [1.165, 1.54) is 37.7 Å². The molecule has 1 heterocycles. The van der Waals surface area contributed by atoms with Crippen LogP contribution in [-0.2, 0) is 6.54 Å². The third-order valence-electron chi connectivity index (χ3n) is 2.88. The van der Waals surface area contributed by atoms with Crippen molar-refractivity contribution in [1.29, 1.82) is 0 Å². The van der Waals surface area contributed by atoms with E-state index in [0.29, 0.717) is 6.61 Å². The largest absolute Gasteiger partial charge is 1.00 e. The van der Waals surface area contributed by atoms with E-state index in [1.807, 2.05) is 0 Å². The number of aliphatic hydroxyl groups excluding tert-OH is 1. The molecule has 0 saturated heterocycles. The van der Waals surface area contributed by atoms with Crippen LogP contribution in [0.5, 0.6) is 0 Å². The Morgan fingerprint density at radius 2 is 1.47 bits per heavy atom. The Hall–Kier alpha value is -0.600. The molecule has 0 saturated carbocycles. The number of hydrogen-bond acceptors (Lipinski definition) is 1. The normalized spacial score (nSPS) is 10.0. The third-order valence-corrected chi connectivity index (χ3v) is 2.88. The van der Waals surface area contributed by atoms with E-state index in [1.54, 1.807) is 0 Å². The van der Waals surface area contributed by atoms with E-state index in [9.17, 15) is 0 Å². The molecule has 0 unspecified atom stereocenters. The molecule has 0 aliphatic carbocycles. The zero-order valence-corrected chi connectivity index (χ0v) is 11.5. The number of nitrogens with zero attached hydrogens (tertiary/aromatic N) is 1. The molecule has 1 aromatic rings. The van der Waals surface area contributed by atoms with Crippen molar-refractivity contribution in [2.45, 2.75) is 52.0 Å². The first-order valence-electron chi connectivity index (χ1n) is 6.39. The Morgan fingerprint density at radius 1 is 0.941 bits per heavy atom. The third kappa shape index (κ3) is 8.17. The molecule has 0 aliphatic heterocycles. The molecule has 17 heavy (non-hydrogen) atoms. The van der Waals surface area contributed by atoms with Gasteiger partial charge in [0.1, 0.15) is 6.54 Å². The molecule has 1 N–H and O–H groups in total. The van der Waals surface area contributed by atoms with Crippen LogP contribution >= 0.6 is 0 Å². The van der Waals surface area contributed by atoms with E-state index in [0.717, 1.165) is 13.0 Å². The van der Waals surface area contributed by atoms with E-state index >= 15 is 0 Å². The second-order valence-corrected chi connectivity index (χ2v) is 4.46. The van der Waals surface area contributed by atoms with Crippen LogP contribution < -0.4 is 17.0 Å². The monoisotopic (exact) mass is 257 g/mol. The second kappa shape index (κ2) is 10.5. The first-order valence-corrected chi connectivity index (χ1v) is 6.39. The Bertz CT molecular complexity index is 274. The Morgan fingerprint density at radius 3 is 2.06 bits per heavy atom. The van der Waals surface area contributed by atoms with Crippen LogP contribution in [0.25, 0.3) is 0 Å². The van der Waals surface area contributed by atoms with Crippen molar-refractivity contribution in [2.75, 3.05) is 6.61 Å². The summed E-state index contributed by atoms with van der Waals surface area (Å²) in [5, 5.41) is 8.64. The summed E-state index contributed by atoms with van der Waals surface area (Å²) >= 11 is 0. The molecule has 0 aliphatic rings. The predicted molar refractivity (Wildman–Crippen MR) is 66.2 cm³/mol. The van der Waals surface area contributed by atoms with Gasteiger partial charge < -0.3 is 17.5 Å². The molecule has 1 rings (SSSR count). The number of pyridine rings is 1. The summed E-state index contributed by atoms with van der Waals surface area (Å²) < 4.78 is 2.25. The van der Waals surface area contributed by atoms with Crippen molar-refractivity contribution >= 4 is 0 Å². The van der Waals surface area contributed by atoms with Crippen molar-refractivity contribution < 1.29 is 22.1 Å². The van der Waals surface area contributed by atoms with Gasteiger partial charge in [0.2, 0.25) is 0 Å². The van der Waals surface area contributed by atoms with Gasteiger partial charge in [-0.2, -0.15) is 0 Å².